The molecule has 0 fully saturated rings. The van der Waals surface area contributed by atoms with Crippen molar-refractivity contribution in [2.75, 3.05) is 20.6 Å². The first-order chi connectivity index (χ1) is 13.2. The Labute approximate surface area is 175 Å². The summed E-state index contributed by atoms with van der Waals surface area (Å²) in [6, 6.07) is 7.45. The Morgan fingerprint density at radius 2 is 1.89 bits per heavy atom. The van der Waals surface area contributed by atoms with E-state index < -0.39 is 11.9 Å². The summed E-state index contributed by atoms with van der Waals surface area (Å²) < 4.78 is 5.45. The summed E-state index contributed by atoms with van der Waals surface area (Å²) in [6.45, 7) is 4.08. The average molecular weight is 426 g/mol. The summed E-state index contributed by atoms with van der Waals surface area (Å²) in [5.41, 5.74) is 0.270. The Balaban J connectivity index is 2.06. The van der Waals surface area contributed by atoms with E-state index in [1.807, 2.05) is 38.9 Å². The molecular formula is C20H25Cl2N3O3. The lowest BCUT2D eigenvalue weighted by Crippen LogP contribution is -2.51. The second-order valence-electron chi connectivity index (χ2n) is 7.06. The van der Waals surface area contributed by atoms with Gasteiger partial charge in [-0.05, 0) is 50.3 Å². The van der Waals surface area contributed by atoms with Gasteiger partial charge in [0.25, 0.3) is 5.91 Å². The van der Waals surface area contributed by atoms with Crippen LogP contribution in [0.15, 0.2) is 41.0 Å². The van der Waals surface area contributed by atoms with Crippen molar-refractivity contribution in [1.82, 2.24) is 15.5 Å². The molecule has 8 heteroatoms. The van der Waals surface area contributed by atoms with Crippen molar-refractivity contribution in [3.63, 3.8) is 0 Å². The number of hydrogen-bond acceptors (Lipinski definition) is 4. The summed E-state index contributed by atoms with van der Waals surface area (Å²) >= 11 is 12.0. The van der Waals surface area contributed by atoms with Crippen LogP contribution in [0.4, 0.5) is 0 Å². The molecular weight excluding hydrogens is 401 g/mol. The number of hydrogen-bond donors (Lipinski definition) is 2. The summed E-state index contributed by atoms with van der Waals surface area (Å²) in [4.78, 5) is 27.3. The molecule has 2 aromatic rings. The molecule has 2 amide bonds. The molecule has 0 aliphatic heterocycles. The van der Waals surface area contributed by atoms with Crippen molar-refractivity contribution in [2.24, 2.45) is 5.92 Å². The molecule has 28 heavy (non-hydrogen) atoms. The van der Waals surface area contributed by atoms with E-state index in [0.29, 0.717) is 11.6 Å². The first-order valence-electron chi connectivity index (χ1n) is 8.94. The molecule has 0 bridgehead atoms. The number of nitrogens with one attached hydrogen (secondary N) is 2. The smallest absolute Gasteiger partial charge is 0.253 e. The topological polar surface area (TPSA) is 74.6 Å². The quantitative estimate of drug-likeness (QED) is 0.674. The first-order valence-corrected chi connectivity index (χ1v) is 9.69. The van der Waals surface area contributed by atoms with Crippen LogP contribution in [0, 0.1) is 5.92 Å². The number of rotatable bonds is 8. The van der Waals surface area contributed by atoms with E-state index in [0.717, 1.165) is 5.76 Å². The lowest BCUT2D eigenvalue weighted by Gasteiger charge is -2.26. The van der Waals surface area contributed by atoms with E-state index in [1.54, 1.807) is 18.4 Å². The lowest BCUT2D eigenvalue weighted by atomic mass is 10.0. The van der Waals surface area contributed by atoms with Crippen LogP contribution in [0.2, 0.25) is 10.0 Å². The number of benzene rings is 1. The lowest BCUT2D eigenvalue weighted by molar-refractivity contribution is -0.124. The van der Waals surface area contributed by atoms with Gasteiger partial charge in [-0.15, -0.1) is 0 Å². The van der Waals surface area contributed by atoms with E-state index in [1.165, 1.54) is 12.1 Å². The van der Waals surface area contributed by atoms with E-state index in [9.17, 15) is 9.59 Å². The van der Waals surface area contributed by atoms with Crippen molar-refractivity contribution >= 4 is 35.0 Å². The van der Waals surface area contributed by atoms with Gasteiger partial charge in [0.2, 0.25) is 5.91 Å². The van der Waals surface area contributed by atoms with Gasteiger partial charge < -0.3 is 15.1 Å². The SMILES string of the molecule is CC(C)[C@H](NC(=O)c1ccc(Cl)cc1Cl)C(=O)NC[C@H](c1ccco1)N(C)C. The fourth-order valence-electron chi connectivity index (χ4n) is 2.75. The molecule has 1 heterocycles. The number of carbonyl (C=O) groups is 2. The fourth-order valence-corrected chi connectivity index (χ4v) is 3.25. The molecule has 152 valence electrons. The molecule has 0 saturated heterocycles. The van der Waals surface area contributed by atoms with Crippen LogP contribution in [0.3, 0.4) is 0 Å². The molecule has 0 saturated carbocycles. The van der Waals surface area contributed by atoms with Crippen molar-refractivity contribution in [2.45, 2.75) is 25.9 Å². The fraction of sp³-hybridized carbons (Fsp3) is 0.400. The van der Waals surface area contributed by atoms with E-state index in [2.05, 4.69) is 10.6 Å². The zero-order chi connectivity index (χ0) is 20.8. The highest BCUT2D eigenvalue weighted by Gasteiger charge is 2.27. The highest BCUT2D eigenvalue weighted by Crippen LogP contribution is 2.21. The maximum Gasteiger partial charge on any atom is 0.253 e. The Bertz CT molecular complexity index is 807. The van der Waals surface area contributed by atoms with Crippen LogP contribution in [0.1, 0.15) is 36.0 Å². The van der Waals surface area contributed by atoms with E-state index in [4.69, 9.17) is 27.6 Å². The number of carbonyl (C=O) groups excluding carboxylic acids is 2. The summed E-state index contributed by atoms with van der Waals surface area (Å²) in [5, 5.41) is 6.34. The summed E-state index contributed by atoms with van der Waals surface area (Å²) in [7, 11) is 3.81. The number of amides is 2. The third-order valence-corrected chi connectivity index (χ3v) is 4.92. The van der Waals surface area contributed by atoms with Gasteiger partial charge in [-0.2, -0.15) is 0 Å². The van der Waals surface area contributed by atoms with Crippen LogP contribution < -0.4 is 10.6 Å². The molecule has 6 nitrogen and oxygen atoms in total. The zero-order valence-corrected chi connectivity index (χ0v) is 17.8. The van der Waals surface area contributed by atoms with Crippen LogP contribution in [0.5, 0.6) is 0 Å². The van der Waals surface area contributed by atoms with Crippen LogP contribution in [-0.2, 0) is 4.79 Å². The molecule has 2 N–H and O–H groups in total. The zero-order valence-electron chi connectivity index (χ0n) is 16.3. The predicted molar refractivity (Wildman–Crippen MR) is 111 cm³/mol. The van der Waals surface area contributed by atoms with Gasteiger partial charge in [-0.1, -0.05) is 37.0 Å². The van der Waals surface area contributed by atoms with E-state index >= 15 is 0 Å². The van der Waals surface area contributed by atoms with Crippen molar-refractivity contribution in [3.8, 4) is 0 Å². The van der Waals surface area contributed by atoms with Crippen molar-refractivity contribution in [3.05, 3.63) is 58.0 Å². The second-order valence-corrected chi connectivity index (χ2v) is 7.90. The normalized spacial score (nSPS) is 13.4. The number of furan rings is 1. The largest absolute Gasteiger partial charge is 0.468 e. The minimum Gasteiger partial charge on any atom is -0.468 e. The second kappa shape index (κ2) is 9.96. The Kier molecular flexibility index (Phi) is 7.92. The standard InChI is InChI=1S/C20H25Cl2N3O3/c1-12(2)18(24-19(26)14-8-7-13(21)10-15(14)22)20(27)23-11-16(25(3)4)17-6-5-9-28-17/h5-10,12,16,18H,11H2,1-4H3,(H,23,27)(H,24,26)/t16-,18+/m1/s1. The molecule has 2 rings (SSSR count). The Morgan fingerprint density at radius 1 is 1.18 bits per heavy atom. The predicted octanol–water partition coefficient (Wildman–Crippen LogP) is 3.76. The third-order valence-electron chi connectivity index (χ3n) is 4.38. The van der Waals surface area contributed by atoms with Gasteiger partial charge in [-0.3, -0.25) is 14.5 Å². The van der Waals surface area contributed by atoms with Crippen LogP contribution in [-0.4, -0.2) is 43.4 Å². The molecule has 0 radical (unpaired) electrons. The number of likely N-dealkylation sites (N-methyl/N-ethyl adjacent to an activating group) is 1. The monoisotopic (exact) mass is 425 g/mol. The number of nitrogens with zero attached hydrogens (tertiary/aromatic N) is 1. The maximum absolute atomic E-state index is 12.8. The van der Waals surface area contributed by atoms with Gasteiger partial charge >= 0.3 is 0 Å². The van der Waals surface area contributed by atoms with Gasteiger partial charge in [0, 0.05) is 11.6 Å². The Hall–Kier alpha value is -2.02. The number of halogens is 2. The minimum atomic E-state index is -0.710. The maximum atomic E-state index is 12.8. The molecule has 2 atom stereocenters. The molecule has 0 aliphatic rings. The highest BCUT2D eigenvalue weighted by molar-refractivity contribution is 6.36. The molecule has 1 aromatic carbocycles. The van der Waals surface area contributed by atoms with Crippen molar-refractivity contribution < 1.29 is 14.0 Å². The summed E-state index contributed by atoms with van der Waals surface area (Å²) in [6.07, 6.45) is 1.60. The highest BCUT2D eigenvalue weighted by atomic mass is 35.5. The molecule has 0 unspecified atom stereocenters. The van der Waals surface area contributed by atoms with Crippen molar-refractivity contribution in [1.29, 1.82) is 0 Å². The van der Waals surface area contributed by atoms with Gasteiger partial charge in [-0.25, -0.2) is 0 Å². The van der Waals surface area contributed by atoms with Gasteiger partial charge in [0.15, 0.2) is 0 Å². The summed E-state index contributed by atoms with van der Waals surface area (Å²) in [5.74, 6) is -0.0580. The van der Waals surface area contributed by atoms with E-state index in [-0.39, 0.29) is 28.5 Å². The average Bonchev–Trinajstić information content (AvgIpc) is 3.13. The Morgan fingerprint density at radius 3 is 2.43 bits per heavy atom. The first kappa shape index (κ1) is 22.3. The van der Waals surface area contributed by atoms with Crippen LogP contribution in [0.25, 0.3) is 0 Å². The van der Waals surface area contributed by atoms with Gasteiger partial charge in [0.05, 0.1) is 22.9 Å². The third kappa shape index (κ3) is 5.74. The molecule has 1 aromatic heterocycles. The minimum absolute atomic E-state index is 0.114. The van der Waals surface area contributed by atoms with Crippen LogP contribution >= 0.6 is 23.2 Å². The molecule has 0 spiro atoms. The van der Waals surface area contributed by atoms with Gasteiger partial charge in [0.1, 0.15) is 11.8 Å². The molecule has 0 aliphatic carbocycles.